The molecule has 0 amide bonds. The smallest absolute Gasteiger partial charge is 0.269 e. The number of aliphatic hydroxyl groups excluding tert-OH is 1. The maximum Gasteiger partial charge on any atom is 0.269 e. The standard InChI is InChI=1S/C21H28N4O3/c1-3-5-6-15-24(19(4-2)16-26)20-11-7-17(8-12-20)22-23-18-9-13-21(14-10-18)25(27)28/h7-14,19,26H,3-6,15-16H2,1-2H3. The van der Waals surface area contributed by atoms with Crippen LogP contribution in [0.5, 0.6) is 0 Å². The number of non-ortho nitro benzene ring substituents is 1. The van der Waals surface area contributed by atoms with Gasteiger partial charge in [0.1, 0.15) is 0 Å². The molecular formula is C21H28N4O3. The molecule has 0 aromatic heterocycles. The fraction of sp³-hybridized carbons (Fsp3) is 0.429. The van der Waals surface area contributed by atoms with E-state index in [0.717, 1.165) is 31.5 Å². The number of anilines is 1. The van der Waals surface area contributed by atoms with Crippen molar-refractivity contribution in [1.29, 1.82) is 0 Å². The van der Waals surface area contributed by atoms with E-state index in [4.69, 9.17) is 0 Å². The molecule has 0 aliphatic rings. The van der Waals surface area contributed by atoms with E-state index in [0.29, 0.717) is 11.4 Å². The number of nitro groups is 1. The number of aliphatic hydroxyl groups is 1. The van der Waals surface area contributed by atoms with Crippen molar-refractivity contribution >= 4 is 22.7 Å². The molecule has 150 valence electrons. The minimum absolute atomic E-state index is 0.0285. The summed E-state index contributed by atoms with van der Waals surface area (Å²) in [7, 11) is 0. The highest BCUT2D eigenvalue weighted by atomic mass is 16.6. The van der Waals surface area contributed by atoms with E-state index in [2.05, 4.69) is 29.0 Å². The average Bonchev–Trinajstić information content (AvgIpc) is 2.73. The van der Waals surface area contributed by atoms with E-state index >= 15 is 0 Å². The molecule has 1 atom stereocenters. The molecule has 0 radical (unpaired) electrons. The summed E-state index contributed by atoms with van der Waals surface area (Å²) in [6, 6.07) is 13.8. The Morgan fingerprint density at radius 1 is 1.00 bits per heavy atom. The molecule has 28 heavy (non-hydrogen) atoms. The van der Waals surface area contributed by atoms with E-state index in [-0.39, 0.29) is 18.3 Å². The van der Waals surface area contributed by atoms with Crippen LogP contribution in [0.3, 0.4) is 0 Å². The lowest BCUT2D eigenvalue weighted by Gasteiger charge is -2.32. The topological polar surface area (TPSA) is 91.3 Å². The Balaban J connectivity index is 2.09. The summed E-state index contributed by atoms with van der Waals surface area (Å²) >= 11 is 0. The van der Waals surface area contributed by atoms with Gasteiger partial charge in [0.15, 0.2) is 0 Å². The van der Waals surface area contributed by atoms with Crippen LogP contribution >= 0.6 is 0 Å². The van der Waals surface area contributed by atoms with Crippen LogP contribution in [-0.2, 0) is 0 Å². The van der Waals surface area contributed by atoms with Crippen LogP contribution in [0, 0.1) is 10.1 Å². The number of nitrogens with zero attached hydrogens (tertiary/aromatic N) is 4. The lowest BCUT2D eigenvalue weighted by atomic mass is 10.1. The molecule has 2 aromatic carbocycles. The van der Waals surface area contributed by atoms with Crippen LogP contribution < -0.4 is 4.90 Å². The van der Waals surface area contributed by atoms with Gasteiger partial charge in [0.2, 0.25) is 0 Å². The summed E-state index contributed by atoms with van der Waals surface area (Å²) in [5.74, 6) is 0. The Hall–Kier alpha value is -2.80. The van der Waals surface area contributed by atoms with Crippen molar-refractivity contribution in [3.63, 3.8) is 0 Å². The molecule has 0 bridgehead atoms. The fourth-order valence-corrected chi connectivity index (χ4v) is 2.97. The summed E-state index contributed by atoms with van der Waals surface area (Å²) in [4.78, 5) is 12.5. The normalized spacial score (nSPS) is 12.2. The zero-order chi connectivity index (χ0) is 20.4. The van der Waals surface area contributed by atoms with Gasteiger partial charge in [-0.2, -0.15) is 10.2 Å². The first-order valence-corrected chi connectivity index (χ1v) is 9.72. The van der Waals surface area contributed by atoms with Crippen molar-refractivity contribution in [3.8, 4) is 0 Å². The Morgan fingerprint density at radius 3 is 2.04 bits per heavy atom. The third-order valence-corrected chi connectivity index (χ3v) is 4.65. The van der Waals surface area contributed by atoms with Crippen LogP contribution in [0.15, 0.2) is 58.8 Å². The molecule has 0 heterocycles. The predicted octanol–water partition coefficient (Wildman–Crippen LogP) is 5.78. The van der Waals surface area contributed by atoms with Crippen LogP contribution in [0.2, 0.25) is 0 Å². The summed E-state index contributed by atoms with van der Waals surface area (Å²) in [5, 5.41) is 28.7. The molecule has 0 saturated carbocycles. The Morgan fingerprint density at radius 2 is 1.57 bits per heavy atom. The molecule has 0 saturated heterocycles. The van der Waals surface area contributed by atoms with Crippen molar-refractivity contribution in [2.24, 2.45) is 10.2 Å². The highest BCUT2D eigenvalue weighted by Gasteiger charge is 2.16. The number of unbranched alkanes of at least 4 members (excludes halogenated alkanes) is 2. The molecule has 1 unspecified atom stereocenters. The monoisotopic (exact) mass is 384 g/mol. The van der Waals surface area contributed by atoms with Gasteiger partial charge in [-0.25, -0.2) is 0 Å². The minimum atomic E-state index is -0.443. The molecule has 7 heteroatoms. The fourth-order valence-electron chi connectivity index (χ4n) is 2.97. The summed E-state index contributed by atoms with van der Waals surface area (Å²) in [6.07, 6.45) is 4.30. The predicted molar refractivity (Wildman–Crippen MR) is 112 cm³/mol. The molecule has 0 aliphatic heterocycles. The number of azo groups is 1. The number of benzene rings is 2. The Kier molecular flexibility index (Phi) is 8.55. The van der Waals surface area contributed by atoms with Crippen molar-refractivity contribution in [1.82, 2.24) is 0 Å². The minimum Gasteiger partial charge on any atom is -0.394 e. The number of rotatable bonds is 11. The number of nitro benzene ring substituents is 1. The van der Waals surface area contributed by atoms with E-state index in [1.54, 1.807) is 12.1 Å². The number of hydrogen-bond donors (Lipinski definition) is 1. The first-order chi connectivity index (χ1) is 13.6. The van der Waals surface area contributed by atoms with Gasteiger partial charge in [0, 0.05) is 24.4 Å². The molecule has 2 aromatic rings. The third-order valence-electron chi connectivity index (χ3n) is 4.65. The van der Waals surface area contributed by atoms with Gasteiger partial charge in [-0.05, 0) is 49.2 Å². The maximum absolute atomic E-state index is 10.7. The van der Waals surface area contributed by atoms with Crippen molar-refractivity contribution in [3.05, 3.63) is 58.6 Å². The summed E-state index contributed by atoms with van der Waals surface area (Å²) < 4.78 is 0. The Labute approximate surface area is 165 Å². The zero-order valence-corrected chi connectivity index (χ0v) is 16.5. The molecule has 0 fully saturated rings. The van der Waals surface area contributed by atoms with Crippen LogP contribution in [-0.4, -0.2) is 29.2 Å². The molecular weight excluding hydrogens is 356 g/mol. The SMILES string of the molecule is CCCCCN(c1ccc(N=Nc2ccc([N+](=O)[O-])cc2)cc1)C(CC)CO. The van der Waals surface area contributed by atoms with Gasteiger partial charge in [0.25, 0.3) is 5.69 Å². The van der Waals surface area contributed by atoms with E-state index in [1.165, 1.54) is 18.6 Å². The second-order valence-electron chi connectivity index (χ2n) is 6.64. The second-order valence-corrected chi connectivity index (χ2v) is 6.64. The first kappa shape index (κ1) is 21.5. The molecule has 1 N–H and O–H groups in total. The maximum atomic E-state index is 10.7. The van der Waals surface area contributed by atoms with Gasteiger partial charge >= 0.3 is 0 Å². The van der Waals surface area contributed by atoms with E-state index < -0.39 is 4.92 Å². The van der Waals surface area contributed by atoms with Crippen LogP contribution in [0.4, 0.5) is 22.7 Å². The average molecular weight is 384 g/mol. The highest BCUT2D eigenvalue weighted by Crippen LogP contribution is 2.25. The van der Waals surface area contributed by atoms with Gasteiger partial charge in [-0.15, -0.1) is 0 Å². The lowest BCUT2D eigenvalue weighted by Crippen LogP contribution is -2.38. The van der Waals surface area contributed by atoms with Gasteiger partial charge < -0.3 is 10.0 Å². The summed E-state index contributed by atoms with van der Waals surface area (Å²) in [5.41, 5.74) is 2.35. The quantitative estimate of drug-likeness (QED) is 0.230. The first-order valence-electron chi connectivity index (χ1n) is 9.72. The highest BCUT2D eigenvalue weighted by molar-refractivity contribution is 5.54. The van der Waals surface area contributed by atoms with Gasteiger partial charge in [0.05, 0.1) is 28.9 Å². The summed E-state index contributed by atoms with van der Waals surface area (Å²) in [6.45, 7) is 5.31. The van der Waals surface area contributed by atoms with Crippen molar-refractivity contribution < 1.29 is 10.0 Å². The van der Waals surface area contributed by atoms with Crippen LogP contribution in [0.25, 0.3) is 0 Å². The van der Waals surface area contributed by atoms with Crippen molar-refractivity contribution in [2.45, 2.75) is 45.6 Å². The van der Waals surface area contributed by atoms with E-state index in [1.807, 2.05) is 24.3 Å². The molecule has 2 rings (SSSR count). The van der Waals surface area contributed by atoms with Crippen molar-refractivity contribution in [2.75, 3.05) is 18.1 Å². The molecule has 0 aliphatic carbocycles. The lowest BCUT2D eigenvalue weighted by molar-refractivity contribution is -0.384. The molecule has 0 spiro atoms. The van der Waals surface area contributed by atoms with E-state index in [9.17, 15) is 15.2 Å². The number of hydrogen-bond acceptors (Lipinski definition) is 6. The largest absolute Gasteiger partial charge is 0.394 e. The van der Waals surface area contributed by atoms with Gasteiger partial charge in [-0.1, -0.05) is 26.7 Å². The third kappa shape index (κ3) is 6.13. The zero-order valence-electron chi connectivity index (χ0n) is 16.5. The Bertz CT molecular complexity index is 756. The molecule has 7 nitrogen and oxygen atoms in total. The second kappa shape index (κ2) is 11.1. The van der Waals surface area contributed by atoms with Gasteiger partial charge in [-0.3, -0.25) is 10.1 Å². The van der Waals surface area contributed by atoms with Crippen LogP contribution in [0.1, 0.15) is 39.5 Å².